The predicted octanol–water partition coefficient (Wildman–Crippen LogP) is 1.63. The molecule has 1 rings (SSSR count). The predicted molar refractivity (Wildman–Crippen MR) is 69.0 cm³/mol. The molecule has 0 fully saturated rings. The van der Waals surface area contributed by atoms with Crippen LogP contribution >= 0.6 is 11.6 Å². The molecule has 8 heteroatoms. The van der Waals surface area contributed by atoms with E-state index in [1.807, 2.05) is 0 Å². The van der Waals surface area contributed by atoms with Gasteiger partial charge in [-0.05, 0) is 19.1 Å². The maximum atomic E-state index is 11.7. The average molecular weight is 288 g/mol. The maximum Gasteiger partial charge on any atom is 0.429 e. The number of carboxylic acid groups (broad SMARTS) is 1. The topological polar surface area (TPSA) is 83.0 Å². The van der Waals surface area contributed by atoms with E-state index in [0.29, 0.717) is 17.4 Å². The minimum atomic E-state index is -1.21. The van der Waals surface area contributed by atoms with Crippen molar-refractivity contribution in [3.05, 3.63) is 23.5 Å². The van der Waals surface area contributed by atoms with E-state index >= 15 is 0 Å². The average Bonchev–Trinajstić information content (AvgIpc) is 2.37. The molecular weight excluding hydrogens is 274 g/mol. The minimum absolute atomic E-state index is 0.317. The lowest BCUT2D eigenvalue weighted by molar-refractivity contribution is -0.140. The molecule has 0 saturated heterocycles. The largest absolute Gasteiger partial charge is 0.479 e. The van der Waals surface area contributed by atoms with Crippen molar-refractivity contribution in [2.75, 3.05) is 25.2 Å². The molecule has 0 aliphatic rings. The van der Waals surface area contributed by atoms with Crippen molar-refractivity contribution in [2.45, 2.75) is 6.92 Å². The number of anilines is 1. The van der Waals surface area contributed by atoms with Gasteiger partial charge in [-0.1, -0.05) is 11.6 Å². The summed E-state index contributed by atoms with van der Waals surface area (Å²) >= 11 is 5.68. The molecule has 0 unspecified atom stereocenters. The second kappa shape index (κ2) is 6.79. The fourth-order valence-corrected chi connectivity index (χ4v) is 1.47. The Morgan fingerprint density at radius 1 is 1.47 bits per heavy atom. The third-order valence-electron chi connectivity index (χ3n) is 2.28. The summed E-state index contributed by atoms with van der Waals surface area (Å²) in [4.78, 5) is 26.0. The van der Waals surface area contributed by atoms with Gasteiger partial charge in [-0.15, -0.1) is 0 Å². The standard InChI is InChI=1S/C11H14ClN3O4/c1-3-15(11(18)19-7-10(16)17)14(2)8-4-5-9(12)13-6-8/h4-6H,3,7H2,1-2H3,(H,16,17). The molecule has 1 aromatic rings. The number of carboxylic acids is 1. The number of carbonyl (C=O) groups excluding carboxylic acids is 1. The highest BCUT2D eigenvalue weighted by Gasteiger charge is 2.19. The quantitative estimate of drug-likeness (QED) is 0.654. The van der Waals surface area contributed by atoms with Gasteiger partial charge in [0.05, 0.1) is 11.9 Å². The third kappa shape index (κ3) is 4.29. The molecule has 1 N–H and O–H groups in total. The third-order valence-corrected chi connectivity index (χ3v) is 2.50. The van der Waals surface area contributed by atoms with E-state index in [0.717, 1.165) is 0 Å². The van der Waals surface area contributed by atoms with Crippen LogP contribution in [0, 0.1) is 0 Å². The van der Waals surface area contributed by atoms with E-state index < -0.39 is 18.7 Å². The minimum Gasteiger partial charge on any atom is -0.479 e. The monoisotopic (exact) mass is 287 g/mol. The number of hydrogen-bond donors (Lipinski definition) is 1. The van der Waals surface area contributed by atoms with Gasteiger partial charge in [0.25, 0.3) is 0 Å². The molecule has 1 amide bonds. The van der Waals surface area contributed by atoms with Crippen molar-refractivity contribution in [3.63, 3.8) is 0 Å². The van der Waals surface area contributed by atoms with Crippen molar-refractivity contribution >= 4 is 29.4 Å². The van der Waals surface area contributed by atoms with E-state index in [-0.39, 0.29) is 0 Å². The number of nitrogens with zero attached hydrogens (tertiary/aromatic N) is 3. The number of rotatable bonds is 5. The number of halogens is 1. The lowest BCUT2D eigenvalue weighted by Crippen LogP contribution is -2.45. The molecule has 0 spiro atoms. The van der Waals surface area contributed by atoms with Crippen molar-refractivity contribution in [1.82, 2.24) is 9.99 Å². The number of ether oxygens (including phenoxy) is 1. The molecule has 19 heavy (non-hydrogen) atoms. The Hall–Kier alpha value is -2.02. The fraction of sp³-hybridized carbons (Fsp3) is 0.364. The molecule has 1 aromatic heterocycles. The van der Waals surface area contributed by atoms with E-state index in [4.69, 9.17) is 16.7 Å². The molecule has 0 aromatic carbocycles. The Kier molecular flexibility index (Phi) is 5.37. The van der Waals surface area contributed by atoms with Gasteiger partial charge in [0.15, 0.2) is 6.61 Å². The Morgan fingerprint density at radius 2 is 2.16 bits per heavy atom. The first-order valence-corrected chi connectivity index (χ1v) is 5.84. The molecule has 0 atom stereocenters. The number of amides is 1. The SMILES string of the molecule is CCN(C(=O)OCC(=O)O)N(C)c1ccc(Cl)nc1. The van der Waals surface area contributed by atoms with E-state index in [9.17, 15) is 9.59 Å². The van der Waals surface area contributed by atoms with Crippen LogP contribution in [0.5, 0.6) is 0 Å². The highest BCUT2D eigenvalue weighted by Crippen LogP contribution is 2.16. The first kappa shape index (κ1) is 15.0. The van der Waals surface area contributed by atoms with Crippen LogP contribution in [0.3, 0.4) is 0 Å². The zero-order chi connectivity index (χ0) is 14.4. The van der Waals surface area contributed by atoms with Crippen LogP contribution in [0.4, 0.5) is 10.5 Å². The van der Waals surface area contributed by atoms with Crippen molar-refractivity contribution < 1.29 is 19.4 Å². The van der Waals surface area contributed by atoms with Crippen LogP contribution < -0.4 is 5.01 Å². The van der Waals surface area contributed by atoms with E-state index in [2.05, 4.69) is 9.72 Å². The first-order valence-electron chi connectivity index (χ1n) is 5.47. The van der Waals surface area contributed by atoms with Crippen LogP contribution in [0.15, 0.2) is 18.3 Å². The summed E-state index contributed by atoms with van der Waals surface area (Å²) in [5, 5.41) is 11.6. The first-order chi connectivity index (χ1) is 8.95. The molecule has 0 bridgehead atoms. The number of carbonyl (C=O) groups is 2. The summed E-state index contributed by atoms with van der Waals surface area (Å²) in [7, 11) is 1.64. The van der Waals surface area contributed by atoms with Gasteiger partial charge < -0.3 is 9.84 Å². The van der Waals surface area contributed by atoms with Crippen LogP contribution in [0.2, 0.25) is 5.15 Å². The highest BCUT2D eigenvalue weighted by molar-refractivity contribution is 6.29. The molecule has 1 heterocycles. The molecule has 7 nitrogen and oxygen atoms in total. The number of hydrogen-bond acceptors (Lipinski definition) is 5. The van der Waals surface area contributed by atoms with Crippen molar-refractivity contribution in [3.8, 4) is 0 Å². The van der Waals surface area contributed by atoms with E-state index in [1.165, 1.54) is 16.2 Å². The second-order valence-corrected chi connectivity index (χ2v) is 3.91. The summed E-state index contributed by atoms with van der Waals surface area (Å²) in [6.07, 6.45) is 0.748. The summed E-state index contributed by atoms with van der Waals surface area (Å²) < 4.78 is 4.62. The molecular formula is C11H14ClN3O4. The van der Waals surface area contributed by atoms with Crippen LogP contribution in [0.1, 0.15) is 6.92 Å². The maximum absolute atomic E-state index is 11.7. The number of aliphatic carboxylic acids is 1. The molecule has 104 valence electrons. The molecule has 0 aliphatic carbocycles. The van der Waals surface area contributed by atoms with Crippen LogP contribution in [0.25, 0.3) is 0 Å². The van der Waals surface area contributed by atoms with E-state index in [1.54, 1.807) is 26.1 Å². The van der Waals surface area contributed by atoms with Gasteiger partial charge in [0.2, 0.25) is 0 Å². The Morgan fingerprint density at radius 3 is 2.63 bits per heavy atom. The summed E-state index contributed by atoms with van der Waals surface area (Å²) in [6.45, 7) is 1.38. The highest BCUT2D eigenvalue weighted by atomic mass is 35.5. The van der Waals surface area contributed by atoms with Crippen molar-refractivity contribution in [2.24, 2.45) is 0 Å². The zero-order valence-electron chi connectivity index (χ0n) is 10.5. The van der Waals surface area contributed by atoms with Gasteiger partial charge in [0.1, 0.15) is 5.15 Å². The normalized spacial score (nSPS) is 9.84. The van der Waals surface area contributed by atoms with Gasteiger partial charge in [0, 0.05) is 13.6 Å². The lowest BCUT2D eigenvalue weighted by atomic mass is 10.4. The van der Waals surface area contributed by atoms with Crippen molar-refractivity contribution in [1.29, 1.82) is 0 Å². The Balaban J connectivity index is 2.75. The number of aromatic nitrogens is 1. The lowest BCUT2D eigenvalue weighted by Gasteiger charge is -2.31. The molecule has 0 radical (unpaired) electrons. The summed E-state index contributed by atoms with van der Waals surface area (Å²) in [5.41, 5.74) is 0.624. The summed E-state index contributed by atoms with van der Waals surface area (Å²) in [5.74, 6) is -1.21. The summed E-state index contributed by atoms with van der Waals surface area (Å²) in [6, 6.07) is 3.27. The fourth-order valence-electron chi connectivity index (χ4n) is 1.36. The molecule has 0 saturated carbocycles. The Bertz CT molecular complexity index is 452. The zero-order valence-corrected chi connectivity index (χ0v) is 11.3. The Labute approximate surface area is 115 Å². The number of pyridine rings is 1. The second-order valence-electron chi connectivity index (χ2n) is 3.53. The molecule has 0 aliphatic heterocycles. The van der Waals surface area contributed by atoms with Gasteiger partial charge in [-0.3, -0.25) is 5.01 Å². The van der Waals surface area contributed by atoms with Gasteiger partial charge in [-0.25, -0.2) is 19.6 Å². The number of hydrazine groups is 1. The smallest absolute Gasteiger partial charge is 0.429 e. The van der Waals surface area contributed by atoms with Crippen LogP contribution in [-0.2, 0) is 9.53 Å². The van der Waals surface area contributed by atoms with Gasteiger partial charge >= 0.3 is 12.1 Å². The van der Waals surface area contributed by atoms with Crippen LogP contribution in [-0.4, -0.2) is 47.4 Å². The van der Waals surface area contributed by atoms with Gasteiger partial charge in [-0.2, -0.15) is 0 Å².